The number of rotatable bonds is 6. The third-order valence-electron chi connectivity index (χ3n) is 4.40. The quantitative estimate of drug-likeness (QED) is 0.654. The first-order chi connectivity index (χ1) is 12.7. The number of aliphatic hydroxyl groups is 1. The van der Waals surface area contributed by atoms with Crippen molar-refractivity contribution in [3.05, 3.63) is 71.5 Å². The summed E-state index contributed by atoms with van der Waals surface area (Å²) in [4.78, 5) is 0. The Bertz CT molecular complexity index is 889. The van der Waals surface area contributed by atoms with Gasteiger partial charge in [-0.15, -0.1) is 12.4 Å². The minimum Gasteiger partial charge on any atom is -0.460 e. The molecule has 0 saturated carbocycles. The molecule has 142 valence electrons. The van der Waals surface area contributed by atoms with Gasteiger partial charge in [0.2, 0.25) is 6.79 Å². The van der Waals surface area contributed by atoms with Crippen LogP contribution in [0.3, 0.4) is 0 Å². The molecule has 0 saturated heterocycles. The summed E-state index contributed by atoms with van der Waals surface area (Å²) >= 11 is 0. The summed E-state index contributed by atoms with van der Waals surface area (Å²) in [5.41, 5.74) is 3.03. The third-order valence-corrected chi connectivity index (χ3v) is 4.40. The van der Waals surface area contributed by atoms with Gasteiger partial charge in [-0.1, -0.05) is 30.3 Å². The summed E-state index contributed by atoms with van der Waals surface area (Å²) in [6.07, 6.45) is -0.461. The number of hydrogen-bond acceptors (Lipinski definition) is 5. The van der Waals surface area contributed by atoms with Crippen molar-refractivity contribution in [2.45, 2.75) is 26.1 Å². The molecule has 0 bridgehead atoms. The van der Waals surface area contributed by atoms with Crippen LogP contribution in [0.1, 0.15) is 29.9 Å². The molecule has 2 heterocycles. The van der Waals surface area contributed by atoms with Crippen LogP contribution in [0.5, 0.6) is 11.5 Å². The van der Waals surface area contributed by atoms with Crippen molar-refractivity contribution in [3.8, 4) is 22.8 Å². The number of nitrogens with one attached hydrogen (secondary N) is 1. The molecular formula is C21H22ClNO4. The van der Waals surface area contributed by atoms with Crippen LogP contribution in [-0.2, 0) is 13.1 Å². The second-order valence-corrected chi connectivity index (χ2v) is 6.36. The number of benzene rings is 2. The maximum Gasteiger partial charge on any atom is 0.231 e. The molecule has 0 amide bonds. The highest BCUT2D eigenvalue weighted by Crippen LogP contribution is 2.32. The topological polar surface area (TPSA) is 63.9 Å². The lowest BCUT2D eigenvalue weighted by atomic mass is 10.1. The van der Waals surface area contributed by atoms with Crippen LogP contribution in [0, 0.1) is 0 Å². The van der Waals surface area contributed by atoms with Crippen molar-refractivity contribution in [2.75, 3.05) is 6.79 Å². The Morgan fingerprint density at radius 1 is 0.963 bits per heavy atom. The molecule has 1 aliphatic heterocycles. The molecule has 0 fully saturated rings. The molecule has 1 unspecified atom stereocenters. The van der Waals surface area contributed by atoms with E-state index in [2.05, 4.69) is 5.32 Å². The Hall–Kier alpha value is -2.47. The van der Waals surface area contributed by atoms with Crippen molar-refractivity contribution in [1.29, 1.82) is 0 Å². The molecule has 27 heavy (non-hydrogen) atoms. The summed E-state index contributed by atoms with van der Waals surface area (Å²) in [5.74, 6) is 3.29. The predicted molar refractivity (Wildman–Crippen MR) is 105 cm³/mol. The van der Waals surface area contributed by atoms with E-state index in [1.54, 1.807) is 6.92 Å². The number of hydrogen-bond donors (Lipinski definition) is 2. The second kappa shape index (κ2) is 8.48. The van der Waals surface area contributed by atoms with Gasteiger partial charge in [0, 0.05) is 12.1 Å². The first-order valence-corrected chi connectivity index (χ1v) is 8.65. The molecule has 0 radical (unpaired) electrons. The largest absolute Gasteiger partial charge is 0.460 e. The molecular weight excluding hydrogens is 366 g/mol. The smallest absolute Gasteiger partial charge is 0.231 e. The molecule has 4 rings (SSSR count). The van der Waals surface area contributed by atoms with Gasteiger partial charge in [0.15, 0.2) is 11.5 Å². The monoisotopic (exact) mass is 387 g/mol. The van der Waals surface area contributed by atoms with E-state index in [9.17, 15) is 5.11 Å². The minimum absolute atomic E-state index is 0. The Balaban J connectivity index is 0.00000210. The first-order valence-electron chi connectivity index (χ1n) is 8.65. The van der Waals surface area contributed by atoms with Crippen LogP contribution in [-0.4, -0.2) is 11.9 Å². The average molecular weight is 388 g/mol. The third kappa shape index (κ3) is 4.45. The summed E-state index contributed by atoms with van der Waals surface area (Å²) in [5, 5.41) is 13.0. The van der Waals surface area contributed by atoms with Crippen molar-refractivity contribution in [2.24, 2.45) is 0 Å². The predicted octanol–water partition coefficient (Wildman–Crippen LogP) is 4.44. The first kappa shape index (κ1) is 19.3. The second-order valence-electron chi connectivity index (χ2n) is 6.36. The van der Waals surface area contributed by atoms with Crippen molar-refractivity contribution >= 4 is 12.4 Å². The standard InChI is InChI=1S/C21H21NO4.ClH/c1-14(23)16-3-5-17(6-4-16)19-9-7-18(26-19)12-22-11-15-2-8-20-21(10-15)25-13-24-20;/h2-10,14,22-23H,11-13H2,1H3;1H. The number of aliphatic hydroxyl groups excluding tert-OH is 1. The van der Waals surface area contributed by atoms with Gasteiger partial charge < -0.3 is 24.3 Å². The van der Waals surface area contributed by atoms with Crippen LogP contribution in [0.2, 0.25) is 0 Å². The minimum atomic E-state index is -0.461. The van der Waals surface area contributed by atoms with Gasteiger partial charge in [0.05, 0.1) is 12.6 Å². The SMILES string of the molecule is CC(O)c1ccc(-c2ccc(CNCc3ccc4c(c3)OCO4)o2)cc1.Cl. The zero-order valence-corrected chi connectivity index (χ0v) is 15.8. The van der Waals surface area contributed by atoms with Crippen LogP contribution in [0.25, 0.3) is 11.3 Å². The fraction of sp³-hybridized carbons (Fsp3) is 0.238. The summed E-state index contributed by atoms with van der Waals surface area (Å²) < 4.78 is 16.6. The maximum atomic E-state index is 9.59. The Kier molecular flexibility index (Phi) is 6.06. The zero-order valence-electron chi connectivity index (χ0n) is 15.0. The van der Waals surface area contributed by atoms with Crippen molar-refractivity contribution < 1.29 is 19.0 Å². The summed E-state index contributed by atoms with van der Waals surface area (Å²) in [6, 6.07) is 17.7. The average Bonchev–Trinajstić information content (AvgIpc) is 3.30. The number of furan rings is 1. The lowest BCUT2D eigenvalue weighted by Gasteiger charge is -2.05. The van der Waals surface area contributed by atoms with E-state index < -0.39 is 6.10 Å². The van der Waals surface area contributed by atoms with Gasteiger partial charge in [-0.25, -0.2) is 0 Å². The number of ether oxygens (including phenoxy) is 2. The van der Waals surface area contributed by atoms with Crippen molar-refractivity contribution in [3.63, 3.8) is 0 Å². The number of halogens is 1. The Morgan fingerprint density at radius 3 is 2.52 bits per heavy atom. The molecule has 0 aliphatic carbocycles. The van der Waals surface area contributed by atoms with Gasteiger partial charge in [0.1, 0.15) is 11.5 Å². The van der Waals surface area contributed by atoms with Gasteiger partial charge in [-0.3, -0.25) is 0 Å². The van der Waals surface area contributed by atoms with Crippen LogP contribution in [0.4, 0.5) is 0 Å². The van der Waals surface area contributed by atoms with E-state index in [1.807, 2.05) is 54.6 Å². The highest BCUT2D eigenvalue weighted by Gasteiger charge is 2.13. The summed E-state index contributed by atoms with van der Waals surface area (Å²) in [6.45, 7) is 3.40. The van der Waals surface area contributed by atoms with E-state index in [0.717, 1.165) is 46.3 Å². The van der Waals surface area contributed by atoms with Crippen LogP contribution < -0.4 is 14.8 Å². The molecule has 1 aliphatic rings. The molecule has 0 spiro atoms. The molecule has 2 aromatic carbocycles. The lowest BCUT2D eigenvalue weighted by Crippen LogP contribution is -2.11. The highest BCUT2D eigenvalue weighted by molar-refractivity contribution is 5.85. The molecule has 6 heteroatoms. The van der Waals surface area contributed by atoms with Crippen LogP contribution in [0.15, 0.2) is 59.0 Å². The molecule has 1 atom stereocenters. The van der Waals surface area contributed by atoms with Crippen molar-refractivity contribution in [1.82, 2.24) is 5.32 Å². The maximum absolute atomic E-state index is 9.59. The molecule has 1 aromatic heterocycles. The fourth-order valence-electron chi connectivity index (χ4n) is 2.93. The van der Waals surface area contributed by atoms with E-state index in [4.69, 9.17) is 13.9 Å². The van der Waals surface area contributed by atoms with Crippen LogP contribution >= 0.6 is 12.4 Å². The summed E-state index contributed by atoms with van der Waals surface area (Å²) in [7, 11) is 0. The van der Waals surface area contributed by atoms with E-state index in [-0.39, 0.29) is 12.4 Å². The zero-order chi connectivity index (χ0) is 17.9. The number of fused-ring (bicyclic) bond motifs is 1. The molecule has 2 N–H and O–H groups in total. The molecule has 5 nitrogen and oxygen atoms in total. The lowest BCUT2D eigenvalue weighted by molar-refractivity contribution is 0.174. The van der Waals surface area contributed by atoms with Gasteiger partial charge in [0.25, 0.3) is 0 Å². The Morgan fingerprint density at radius 2 is 1.74 bits per heavy atom. The fourth-order valence-corrected chi connectivity index (χ4v) is 2.93. The van der Waals surface area contributed by atoms with E-state index >= 15 is 0 Å². The Labute approximate surface area is 164 Å². The van der Waals surface area contributed by atoms with E-state index in [1.165, 1.54) is 0 Å². The normalized spacial score (nSPS) is 13.3. The van der Waals surface area contributed by atoms with Gasteiger partial charge in [-0.05, 0) is 42.3 Å². The van der Waals surface area contributed by atoms with Gasteiger partial charge >= 0.3 is 0 Å². The highest BCUT2D eigenvalue weighted by atomic mass is 35.5. The molecule has 3 aromatic rings. The van der Waals surface area contributed by atoms with E-state index in [0.29, 0.717) is 13.3 Å². The van der Waals surface area contributed by atoms with Gasteiger partial charge in [-0.2, -0.15) is 0 Å².